The van der Waals surface area contributed by atoms with Crippen molar-refractivity contribution in [2.24, 2.45) is 11.8 Å². The van der Waals surface area contributed by atoms with Gasteiger partial charge in [-0.3, -0.25) is 9.59 Å². The Hall–Kier alpha value is -1.10. The van der Waals surface area contributed by atoms with E-state index in [4.69, 9.17) is 9.84 Å². The zero-order valence-corrected chi connectivity index (χ0v) is 10.7. The third-order valence-corrected chi connectivity index (χ3v) is 3.45. The SMILES string of the molecule is COC(C)CCC(=O)N1C[C@@H](C)[C@H](C(=O)O)C1. The lowest BCUT2D eigenvalue weighted by atomic mass is 9.99. The van der Waals surface area contributed by atoms with E-state index >= 15 is 0 Å². The summed E-state index contributed by atoms with van der Waals surface area (Å²) in [4.78, 5) is 24.5. The normalized spacial score (nSPS) is 25.9. The second kappa shape index (κ2) is 6.00. The highest BCUT2D eigenvalue weighted by atomic mass is 16.5. The fourth-order valence-electron chi connectivity index (χ4n) is 2.09. The minimum atomic E-state index is -0.807. The van der Waals surface area contributed by atoms with Crippen LogP contribution in [0.2, 0.25) is 0 Å². The van der Waals surface area contributed by atoms with E-state index in [0.717, 1.165) is 0 Å². The van der Waals surface area contributed by atoms with Gasteiger partial charge in [0.15, 0.2) is 0 Å². The molecule has 5 nitrogen and oxygen atoms in total. The van der Waals surface area contributed by atoms with Crippen LogP contribution in [-0.2, 0) is 14.3 Å². The Kier molecular flexibility index (Phi) is 4.93. The molecule has 5 heteroatoms. The summed E-state index contributed by atoms with van der Waals surface area (Å²) in [6.45, 7) is 4.69. The Balaban J connectivity index is 2.42. The number of nitrogens with zero attached hydrogens (tertiary/aromatic N) is 1. The summed E-state index contributed by atoms with van der Waals surface area (Å²) in [5.74, 6) is -1.15. The van der Waals surface area contributed by atoms with E-state index in [1.54, 1.807) is 12.0 Å². The summed E-state index contributed by atoms with van der Waals surface area (Å²) in [6.07, 6.45) is 1.17. The molecule has 1 rings (SSSR count). The van der Waals surface area contributed by atoms with Crippen molar-refractivity contribution in [2.45, 2.75) is 32.8 Å². The van der Waals surface area contributed by atoms with Crippen LogP contribution in [0.25, 0.3) is 0 Å². The van der Waals surface area contributed by atoms with Gasteiger partial charge in [-0.05, 0) is 19.3 Å². The summed E-state index contributed by atoms with van der Waals surface area (Å²) in [5, 5.41) is 8.98. The zero-order valence-electron chi connectivity index (χ0n) is 10.7. The Bertz CT molecular complexity index is 292. The van der Waals surface area contributed by atoms with Crippen LogP contribution < -0.4 is 0 Å². The minimum absolute atomic E-state index is 0.0319. The van der Waals surface area contributed by atoms with Crippen molar-refractivity contribution in [1.29, 1.82) is 0 Å². The smallest absolute Gasteiger partial charge is 0.308 e. The fraction of sp³-hybridized carbons (Fsp3) is 0.833. The van der Waals surface area contributed by atoms with Gasteiger partial charge in [-0.25, -0.2) is 0 Å². The summed E-state index contributed by atoms with van der Waals surface area (Å²) in [5.41, 5.74) is 0. The maximum absolute atomic E-state index is 11.9. The van der Waals surface area contributed by atoms with Crippen molar-refractivity contribution in [1.82, 2.24) is 4.90 Å². The molecule has 1 fully saturated rings. The predicted octanol–water partition coefficient (Wildman–Crippen LogP) is 0.981. The molecule has 1 heterocycles. The quantitative estimate of drug-likeness (QED) is 0.781. The molecule has 0 aliphatic carbocycles. The molecule has 0 radical (unpaired) electrons. The van der Waals surface area contributed by atoms with Gasteiger partial charge < -0.3 is 14.7 Å². The van der Waals surface area contributed by atoms with Crippen LogP contribution in [0.1, 0.15) is 26.7 Å². The predicted molar refractivity (Wildman–Crippen MR) is 62.6 cm³/mol. The van der Waals surface area contributed by atoms with Crippen LogP contribution in [0.4, 0.5) is 0 Å². The maximum Gasteiger partial charge on any atom is 0.308 e. The van der Waals surface area contributed by atoms with E-state index in [2.05, 4.69) is 0 Å². The number of hydrogen-bond acceptors (Lipinski definition) is 3. The Morgan fingerprint density at radius 3 is 2.59 bits per heavy atom. The Morgan fingerprint density at radius 1 is 1.47 bits per heavy atom. The molecule has 0 aromatic rings. The van der Waals surface area contributed by atoms with Gasteiger partial charge in [-0.2, -0.15) is 0 Å². The first-order chi connectivity index (χ1) is 7.95. The van der Waals surface area contributed by atoms with Crippen molar-refractivity contribution in [3.8, 4) is 0 Å². The lowest BCUT2D eigenvalue weighted by molar-refractivity contribution is -0.142. The summed E-state index contributed by atoms with van der Waals surface area (Å²) in [6, 6.07) is 0. The van der Waals surface area contributed by atoms with Crippen LogP contribution in [0.5, 0.6) is 0 Å². The molecule has 1 aliphatic heterocycles. The number of amides is 1. The molecular weight excluding hydrogens is 222 g/mol. The van der Waals surface area contributed by atoms with Crippen molar-refractivity contribution in [3.63, 3.8) is 0 Å². The highest BCUT2D eigenvalue weighted by molar-refractivity contribution is 5.79. The van der Waals surface area contributed by atoms with Crippen LogP contribution in [0.15, 0.2) is 0 Å². The lowest BCUT2D eigenvalue weighted by Gasteiger charge is -2.17. The number of carboxylic acids is 1. The second-order valence-electron chi connectivity index (χ2n) is 4.81. The number of carbonyl (C=O) groups is 2. The molecule has 3 atom stereocenters. The van der Waals surface area contributed by atoms with Gasteiger partial charge in [-0.15, -0.1) is 0 Å². The molecule has 98 valence electrons. The molecule has 1 aliphatic rings. The molecule has 0 aromatic heterocycles. The van der Waals surface area contributed by atoms with Crippen LogP contribution in [0.3, 0.4) is 0 Å². The summed E-state index contributed by atoms with van der Waals surface area (Å²) < 4.78 is 5.08. The number of methoxy groups -OCH3 is 1. The molecule has 1 unspecified atom stereocenters. The lowest BCUT2D eigenvalue weighted by Crippen LogP contribution is -2.30. The first-order valence-corrected chi connectivity index (χ1v) is 5.99. The van der Waals surface area contributed by atoms with E-state index in [1.807, 2.05) is 13.8 Å². The third-order valence-electron chi connectivity index (χ3n) is 3.45. The first-order valence-electron chi connectivity index (χ1n) is 5.99. The van der Waals surface area contributed by atoms with E-state index in [-0.39, 0.29) is 17.9 Å². The standard InChI is InChI=1S/C12H21NO4/c1-8-6-13(7-10(8)12(15)16)11(14)5-4-9(2)17-3/h8-10H,4-7H2,1-3H3,(H,15,16)/t8-,9?,10-/m1/s1. The third kappa shape index (κ3) is 3.70. The van der Waals surface area contributed by atoms with E-state index < -0.39 is 11.9 Å². The van der Waals surface area contributed by atoms with E-state index in [0.29, 0.717) is 25.9 Å². The van der Waals surface area contributed by atoms with Gasteiger partial charge in [0.25, 0.3) is 0 Å². The summed E-state index contributed by atoms with van der Waals surface area (Å²) in [7, 11) is 1.62. The summed E-state index contributed by atoms with van der Waals surface area (Å²) >= 11 is 0. The van der Waals surface area contributed by atoms with Crippen molar-refractivity contribution in [3.05, 3.63) is 0 Å². The topological polar surface area (TPSA) is 66.8 Å². The number of aliphatic carboxylic acids is 1. The van der Waals surface area contributed by atoms with E-state index in [1.165, 1.54) is 0 Å². The van der Waals surface area contributed by atoms with Crippen molar-refractivity contribution in [2.75, 3.05) is 20.2 Å². The molecule has 0 bridgehead atoms. The van der Waals surface area contributed by atoms with Gasteiger partial charge >= 0.3 is 5.97 Å². The van der Waals surface area contributed by atoms with Gasteiger partial charge in [0.05, 0.1) is 12.0 Å². The molecular formula is C12H21NO4. The monoisotopic (exact) mass is 243 g/mol. The Morgan fingerprint density at radius 2 is 2.12 bits per heavy atom. The Labute approximate surface area is 102 Å². The number of rotatable bonds is 5. The number of carbonyl (C=O) groups excluding carboxylic acids is 1. The first kappa shape index (κ1) is 14.0. The van der Waals surface area contributed by atoms with Gasteiger partial charge in [0.1, 0.15) is 0 Å². The van der Waals surface area contributed by atoms with E-state index in [9.17, 15) is 9.59 Å². The number of ether oxygens (including phenoxy) is 1. The number of likely N-dealkylation sites (tertiary alicyclic amines) is 1. The number of carboxylic acid groups (broad SMARTS) is 1. The average molecular weight is 243 g/mol. The van der Waals surface area contributed by atoms with Crippen molar-refractivity contribution >= 4 is 11.9 Å². The zero-order chi connectivity index (χ0) is 13.0. The molecule has 0 spiro atoms. The molecule has 0 aromatic carbocycles. The molecule has 1 N–H and O–H groups in total. The maximum atomic E-state index is 11.9. The average Bonchev–Trinajstić information content (AvgIpc) is 2.67. The van der Waals surface area contributed by atoms with Crippen LogP contribution in [-0.4, -0.2) is 48.2 Å². The highest BCUT2D eigenvalue weighted by Gasteiger charge is 2.36. The molecule has 1 amide bonds. The minimum Gasteiger partial charge on any atom is -0.481 e. The van der Waals surface area contributed by atoms with Gasteiger partial charge in [-0.1, -0.05) is 6.92 Å². The van der Waals surface area contributed by atoms with Crippen LogP contribution >= 0.6 is 0 Å². The molecule has 1 saturated heterocycles. The largest absolute Gasteiger partial charge is 0.481 e. The van der Waals surface area contributed by atoms with Gasteiger partial charge in [0.2, 0.25) is 5.91 Å². The number of hydrogen-bond donors (Lipinski definition) is 1. The van der Waals surface area contributed by atoms with Gasteiger partial charge in [0, 0.05) is 26.6 Å². The second-order valence-corrected chi connectivity index (χ2v) is 4.81. The highest BCUT2D eigenvalue weighted by Crippen LogP contribution is 2.24. The molecule has 0 saturated carbocycles. The van der Waals surface area contributed by atoms with Crippen LogP contribution in [0, 0.1) is 11.8 Å². The fourth-order valence-corrected chi connectivity index (χ4v) is 2.09. The molecule has 17 heavy (non-hydrogen) atoms. The van der Waals surface area contributed by atoms with Crippen molar-refractivity contribution < 1.29 is 19.4 Å².